The number of nitrogens with two attached hydrogens (primary N) is 1. The maximum absolute atomic E-state index is 5.56. The van der Waals surface area contributed by atoms with E-state index in [2.05, 4.69) is 26.2 Å². The molecule has 19 heavy (non-hydrogen) atoms. The molecule has 0 radical (unpaired) electrons. The Morgan fingerprint density at radius 1 is 1.37 bits per heavy atom. The van der Waals surface area contributed by atoms with Gasteiger partial charge in [0.05, 0.1) is 18.5 Å². The van der Waals surface area contributed by atoms with Crippen LogP contribution in [0.25, 0.3) is 0 Å². The van der Waals surface area contributed by atoms with Crippen molar-refractivity contribution in [1.29, 1.82) is 0 Å². The molecule has 0 amide bonds. The highest BCUT2D eigenvalue weighted by molar-refractivity contribution is 9.10. The molecular formula is C13H12BrN3OS. The molecule has 0 aliphatic heterocycles. The maximum Gasteiger partial charge on any atom is 0.122 e. The molecule has 1 heterocycles. The molecule has 1 aromatic carbocycles. The first-order valence-electron chi connectivity index (χ1n) is 5.46. The Morgan fingerprint density at radius 3 is 2.84 bits per heavy atom. The Bertz CT molecular complexity index is 619. The molecule has 98 valence electrons. The van der Waals surface area contributed by atoms with Gasteiger partial charge in [-0.2, -0.15) is 0 Å². The molecule has 0 bridgehead atoms. The molecule has 0 aliphatic carbocycles. The summed E-state index contributed by atoms with van der Waals surface area (Å²) >= 11 is 8.39. The number of rotatable bonds is 4. The smallest absolute Gasteiger partial charge is 0.122 e. The molecule has 4 nitrogen and oxygen atoms in total. The van der Waals surface area contributed by atoms with Crippen LogP contribution >= 0.6 is 28.1 Å². The molecule has 0 atom stereocenters. The van der Waals surface area contributed by atoms with Crippen LogP contribution in [0.2, 0.25) is 0 Å². The van der Waals surface area contributed by atoms with Gasteiger partial charge in [-0.25, -0.2) is 0 Å². The molecule has 0 fully saturated rings. The lowest BCUT2D eigenvalue weighted by atomic mass is 10.2. The number of aromatic nitrogens is 1. The van der Waals surface area contributed by atoms with Gasteiger partial charge in [-0.05, 0) is 40.2 Å². The van der Waals surface area contributed by atoms with E-state index >= 15 is 0 Å². The summed E-state index contributed by atoms with van der Waals surface area (Å²) < 4.78 is 6.13. The molecule has 0 saturated carbocycles. The Balaban J connectivity index is 2.30. The predicted molar refractivity (Wildman–Crippen MR) is 84.1 cm³/mol. The summed E-state index contributed by atoms with van der Waals surface area (Å²) in [5.74, 6) is 0.773. The molecule has 3 N–H and O–H groups in total. The van der Waals surface area contributed by atoms with Crippen LogP contribution in [0, 0.1) is 0 Å². The molecule has 0 aliphatic rings. The number of nitrogens with zero attached hydrogens (tertiary/aromatic N) is 1. The summed E-state index contributed by atoms with van der Waals surface area (Å²) in [5.41, 5.74) is 7.89. The number of hydrogen-bond donors (Lipinski definition) is 2. The van der Waals surface area contributed by atoms with E-state index in [9.17, 15) is 0 Å². The SMILES string of the molecule is COc1ccc(Br)c(Nc2ccnc(C(N)=S)c2)c1. The third-order valence-electron chi connectivity index (χ3n) is 2.46. The Kier molecular flexibility index (Phi) is 4.34. The first kappa shape index (κ1) is 13.8. The third-order valence-corrected chi connectivity index (χ3v) is 3.37. The van der Waals surface area contributed by atoms with Crippen LogP contribution in [0.3, 0.4) is 0 Å². The van der Waals surface area contributed by atoms with Crippen LogP contribution in [0.1, 0.15) is 5.69 Å². The van der Waals surface area contributed by atoms with Crippen molar-refractivity contribution in [3.8, 4) is 5.75 Å². The Hall–Kier alpha value is -1.66. The van der Waals surface area contributed by atoms with Gasteiger partial charge in [0.1, 0.15) is 10.7 Å². The Labute approximate surface area is 125 Å². The zero-order chi connectivity index (χ0) is 13.8. The van der Waals surface area contributed by atoms with Gasteiger partial charge >= 0.3 is 0 Å². The van der Waals surface area contributed by atoms with Crippen LogP contribution < -0.4 is 15.8 Å². The van der Waals surface area contributed by atoms with Crippen molar-refractivity contribution in [3.05, 3.63) is 46.7 Å². The van der Waals surface area contributed by atoms with Crippen LogP contribution in [-0.2, 0) is 0 Å². The molecule has 1 aromatic heterocycles. The standard InChI is InChI=1S/C13H12BrN3OS/c1-18-9-2-3-10(14)11(7-9)17-8-4-5-16-12(6-8)13(15)19/h2-7H,1H3,(H2,15,19)(H,16,17). The Morgan fingerprint density at radius 2 is 2.16 bits per heavy atom. The minimum Gasteiger partial charge on any atom is -0.497 e. The van der Waals surface area contributed by atoms with Crippen molar-refractivity contribution in [2.24, 2.45) is 5.73 Å². The predicted octanol–water partition coefficient (Wildman–Crippen LogP) is 3.23. The summed E-state index contributed by atoms with van der Waals surface area (Å²) in [4.78, 5) is 4.37. The van der Waals surface area contributed by atoms with Crippen molar-refractivity contribution in [3.63, 3.8) is 0 Å². The highest BCUT2D eigenvalue weighted by atomic mass is 79.9. The number of hydrogen-bond acceptors (Lipinski definition) is 4. The lowest BCUT2D eigenvalue weighted by Crippen LogP contribution is -2.11. The first-order chi connectivity index (χ1) is 9.10. The van der Waals surface area contributed by atoms with E-state index < -0.39 is 0 Å². The average Bonchev–Trinajstić information content (AvgIpc) is 2.41. The normalized spacial score (nSPS) is 10.0. The number of benzene rings is 1. The van der Waals surface area contributed by atoms with Crippen molar-refractivity contribution < 1.29 is 4.74 Å². The van der Waals surface area contributed by atoms with Gasteiger partial charge in [-0.15, -0.1) is 0 Å². The fourth-order valence-electron chi connectivity index (χ4n) is 1.53. The number of pyridine rings is 1. The highest BCUT2D eigenvalue weighted by Gasteiger charge is 2.04. The molecule has 2 rings (SSSR count). The molecule has 0 spiro atoms. The fourth-order valence-corrected chi connectivity index (χ4v) is 1.98. The van der Waals surface area contributed by atoms with Gasteiger partial charge in [-0.3, -0.25) is 4.98 Å². The number of anilines is 2. The summed E-state index contributed by atoms with van der Waals surface area (Å²) in [6, 6.07) is 9.33. The largest absolute Gasteiger partial charge is 0.497 e. The minimum absolute atomic E-state index is 0.272. The zero-order valence-corrected chi connectivity index (χ0v) is 12.6. The van der Waals surface area contributed by atoms with Crippen molar-refractivity contribution in [1.82, 2.24) is 4.98 Å². The highest BCUT2D eigenvalue weighted by Crippen LogP contribution is 2.29. The fraction of sp³-hybridized carbons (Fsp3) is 0.0769. The van der Waals surface area contributed by atoms with E-state index in [0.717, 1.165) is 21.6 Å². The minimum atomic E-state index is 0.272. The lowest BCUT2D eigenvalue weighted by molar-refractivity contribution is 0.415. The van der Waals surface area contributed by atoms with Gasteiger partial charge in [-0.1, -0.05) is 12.2 Å². The van der Waals surface area contributed by atoms with Crippen LogP contribution in [0.5, 0.6) is 5.75 Å². The summed E-state index contributed by atoms with van der Waals surface area (Å²) in [6.07, 6.45) is 1.66. The lowest BCUT2D eigenvalue weighted by Gasteiger charge is -2.11. The van der Waals surface area contributed by atoms with Gasteiger partial charge in [0, 0.05) is 22.4 Å². The first-order valence-corrected chi connectivity index (χ1v) is 6.66. The van der Waals surface area contributed by atoms with Crippen molar-refractivity contribution in [2.75, 3.05) is 12.4 Å². The van der Waals surface area contributed by atoms with Crippen molar-refractivity contribution in [2.45, 2.75) is 0 Å². The third kappa shape index (κ3) is 3.42. The zero-order valence-electron chi connectivity index (χ0n) is 10.2. The number of halogens is 1. The van der Waals surface area contributed by atoms with E-state index in [4.69, 9.17) is 22.7 Å². The van der Waals surface area contributed by atoms with Gasteiger partial charge in [0.15, 0.2) is 0 Å². The number of ether oxygens (including phenoxy) is 1. The van der Waals surface area contributed by atoms with Gasteiger partial charge in [0.25, 0.3) is 0 Å². The summed E-state index contributed by atoms with van der Waals surface area (Å²) in [6.45, 7) is 0. The van der Waals surface area contributed by atoms with Crippen LogP contribution in [-0.4, -0.2) is 17.1 Å². The molecule has 0 saturated heterocycles. The van der Waals surface area contributed by atoms with E-state index in [-0.39, 0.29) is 4.99 Å². The monoisotopic (exact) mass is 337 g/mol. The van der Waals surface area contributed by atoms with Gasteiger partial charge < -0.3 is 15.8 Å². The number of nitrogens with one attached hydrogen (secondary N) is 1. The van der Waals surface area contributed by atoms with Gasteiger partial charge in [0.2, 0.25) is 0 Å². The second-order valence-corrected chi connectivity index (χ2v) is 5.06. The van der Waals surface area contributed by atoms with E-state index in [0.29, 0.717) is 5.69 Å². The number of methoxy groups -OCH3 is 1. The van der Waals surface area contributed by atoms with E-state index in [1.165, 1.54) is 0 Å². The topological polar surface area (TPSA) is 60.2 Å². The summed E-state index contributed by atoms with van der Waals surface area (Å²) in [7, 11) is 1.63. The van der Waals surface area contributed by atoms with E-state index in [1.807, 2.05) is 24.3 Å². The summed E-state index contributed by atoms with van der Waals surface area (Å²) in [5, 5.41) is 3.26. The number of thiocarbonyl (C=S) groups is 1. The molecule has 6 heteroatoms. The quantitative estimate of drug-likeness (QED) is 0.838. The molecule has 0 unspecified atom stereocenters. The van der Waals surface area contributed by atoms with Crippen LogP contribution in [0.4, 0.5) is 11.4 Å². The van der Waals surface area contributed by atoms with Crippen molar-refractivity contribution >= 4 is 44.5 Å². The molecular weight excluding hydrogens is 326 g/mol. The average molecular weight is 338 g/mol. The molecule has 2 aromatic rings. The second-order valence-electron chi connectivity index (χ2n) is 3.76. The second kappa shape index (κ2) is 5.99. The van der Waals surface area contributed by atoms with Crippen LogP contribution in [0.15, 0.2) is 41.0 Å². The maximum atomic E-state index is 5.56. The van der Waals surface area contributed by atoms with E-state index in [1.54, 1.807) is 19.4 Å².